The fourth-order valence-corrected chi connectivity index (χ4v) is 2.13. The Bertz CT molecular complexity index is 243. The Labute approximate surface area is 99.4 Å². The van der Waals surface area contributed by atoms with Gasteiger partial charge >= 0.3 is 0 Å². The largest absolute Gasteiger partial charge is 0.361 e. The highest BCUT2D eigenvalue weighted by Gasteiger charge is 2.14. The van der Waals surface area contributed by atoms with Crippen molar-refractivity contribution in [3.8, 4) is 0 Å². The van der Waals surface area contributed by atoms with Crippen LogP contribution in [0.1, 0.15) is 76.9 Å². The minimum absolute atomic E-state index is 0.597. The van der Waals surface area contributed by atoms with Crippen molar-refractivity contribution in [1.29, 1.82) is 0 Å². The summed E-state index contributed by atoms with van der Waals surface area (Å²) in [5, 5.41) is 3.82. The van der Waals surface area contributed by atoms with Crippen molar-refractivity contribution in [2.75, 3.05) is 0 Å². The first-order chi connectivity index (χ1) is 7.88. The topological polar surface area (TPSA) is 26.0 Å². The Morgan fingerprint density at radius 2 is 1.81 bits per heavy atom. The summed E-state index contributed by atoms with van der Waals surface area (Å²) in [4.78, 5) is 0. The van der Waals surface area contributed by atoms with Gasteiger partial charge in [0.25, 0.3) is 0 Å². The molecular weight excluding hydrogens is 198 g/mol. The minimum atomic E-state index is 0.597. The number of nitrogens with zero attached hydrogens (tertiary/aromatic N) is 1. The van der Waals surface area contributed by atoms with E-state index in [1.54, 1.807) is 6.20 Å². The van der Waals surface area contributed by atoms with Crippen LogP contribution in [0.4, 0.5) is 0 Å². The predicted octanol–water partition coefficient (Wildman–Crippen LogP) is 4.92. The maximum absolute atomic E-state index is 5.30. The number of rotatable bonds is 9. The third kappa shape index (κ3) is 4.82. The summed E-state index contributed by atoms with van der Waals surface area (Å²) in [5.74, 6) is 1.68. The summed E-state index contributed by atoms with van der Waals surface area (Å²) in [5.41, 5.74) is 0. The molecule has 1 atom stereocenters. The van der Waals surface area contributed by atoms with Gasteiger partial charge in [0.05, 0.1) is 6.20 Å². The van der Waals surface area contributed by atoms with Gasteiger partial charge in [-0.05, 0) is 12.8 Å². The average Bonchev–Trinajstić information content (AvgIpc) is 2.82. The van der Waals surface area contributed by atoms with E-state index in [1.807, 2.05) is 6.07 Å². The van der Waals surface area contributed by atoms with Crippen LogP contribution in [-0.2, 0) is 0 Å². The van der Waals surface area contributed by atoms with Crippen LogP contribution < -0.4 is 0 Å². The first-order valence-corrected chi connectivity index (χ1v) is 6.79. The first-order valence-electron chi connectivity index (χ1n) is 6.79. The van der Waals surface area contributed by atoms with Gasteiger partial charge in [-0.2, -0.15) is 0 Å². The average molecular weight is 223 g/mol. The van der Waals surface area contributed by atoms with Crippen molar-refractivity contribution in [2.24, 2.45) is 0 Å². The van der Waals surface area contributed by atoms with Gasteiger partial charge in [0.15, 0.2) is 0 Å². The van der Waals surface area contributed by atoms with E-state index < -0.39 is 0 Å². The summed E-state index contributed by atoms with van der Waals surface area (Å²) in [6.07, 6.45) is 12.2. The minimum Gasteiger partial charge on any atom is -0.361 e. The van der Waals surface area contributed by atoms with Crippen molar-refractivity contribution in [2.45, 2.75) is 71.1 Å². The van der Waals surface area contributed by atoms with E-state index in [2.05, 4.69) is 19.0 Å². The van der Waals surface area contributed by atoms with Crippen LogP contribution in [0.15, 0.2) is 16.8 Å². The van der Waals surface area contributed by atoms with Crippen LogP contribution in [0, 0.1) is 0 Å². The quantitative estimate of drug-likeness (QED) is 0.555. The number of hydrogen-bond acceptors (Lipinski definition) is 2. The second kappa shape index (κ2) is 8.37. The van der Waals surface area contributed by atoms with Gasteiger partial charge in [0.1, 0.15) is 5.76 Å². The monoisotopic (exact) mass is 223 g/mol. The molecular formula is C14H25NO. The molecule has 1 heterocycles. The zero-order chi connectivity index (χ0) is 11.6. The molecule has 0 bridgehead atoms. The third-order valence-electron chi connectivity index (χ3n) is 3.17. The summed E-state index contributed by atoms with van der Waals surface area (Å²) in [6.45, 7) is 4.50. The van der Waals surface area contributed by atoms with E-state index in [-0.39, 0.29) is 0 Å². The lowest BCUT2D eigenvalue weighted by molar-refractivity contribution is 0.338. The summed E-state index contributed by atoms with van der Waals surface area (Å²) >= 11 is 0. The van der Waals surface area contributed by atoms with E-state index in [0.29, 0.717) is 5.92 Å². The molecule has 0 aliphatic heterocycles. The Balaban J connectivity index is 2.32. The fourth-order valence-electron chi connectivity index (χ4n) is 2.13. The van der Waals surface area contributed by atoms with E-state index in [4.69, 9.17) is 4.52 Å². The molecule has 0 aromatic carbocycles. The van der Waals surface area contributed by atoms with Gasteiger partial charge in [-0.15, -0.1) is 0 Å². The number of hydrogen-bond donors (Lipinski definition) is 0. The second-order valence-electron chi connectivity index (χ2n) is 4.60. The molecule has 1 rings (SSSR count). The van der Waals surface area contributed by atoms with Gasteiger partial charge in [0.2, 0.25) is 0 Å². The van der Waals surface area contributed by atoms with Crippen LogP contribution in [0.5, 0.6) is 0 Å². The Morgan fingerprint density at radius 1 is 1.06 bits per heavy atom. The van der Waals surface area contributed by atoms with Gasteiger partial charge in [-0.1, -0.05) is 57.5 Å². The zero-order valence-electron chi connectivity index (χ0n) is 10.7. The maximum atomic E-state index is 5.30. The predicted molar refractivity (Wildman–Crippen MR) is 67.5 cm³/mol. The third-order valence-corrected chi connectivity index (χ3v) is 3.17. The number of aromatic nitrogens is 1. The molecule has 0 fully saturated rings. The highest BCUT2D eigenvalue weighted by Crippen LogP contribution is 2.27. The lowest BCUT2D eigenvalue weighted by Crippen LogP contribution is -1.98. The Kier molecular flexibility index (Phi) is 6.95. The van der Waals surface area contributed by atoms with Gasteiger partial charge in [0, 0.05) is 12.0 Å². The molecule has 0 radical (unpaired) electrons. The standard InChI is InChI=1S/C14H25NO/c1-3-5-7-8-10-13(9-6-4-2)14-11-12-15-16-14/h11-13H,3-10H2,1-2H3. The normalized spacial score (nSPS) is 12.9. The molecule has 0 saturated carbocycles. The lowest BCUT2D eigenvalue weighted by atomic mass is 9.93. The van der Waals surface area contributed by atoms with Crippen molar-refractivity contribution in [3.05, 3.63) is 18.0 Å². The maximum Gasteiger partial charge on any atom is 0.139 e. The van der Waals surface area contributed by atoms with E-state index in [0.717, 1.165) is 5.76 Å². The molecule has 1 unspecified atom stereocenters. The van der Waals surface area contributed by atoms with Crippen LogP contribution in [0.3, 0.4) is 0 Å². The highest BCUT2D eigenvalue weighted by atomic mass is 16.5. The van der Waals surface area contributed by atoms with Crippen molar-refractivity contribution < 1.29 is 4.52 Å². The van der Waals surface area contributed by atoms with Crippen LogP contribution >= 0.6 is 0 Å². The molecule has 1 aromatic rings. The SMILES string of the molecule is CCCCCCC(CCCC)c1ccno1. The van der Waals surface area contributed by atoms with Crippen LogP contribution in [0.2, 0.25) is 0 Å². The van der Waals surface area contributed by atoms with Gasteiger partial charge in [-0.3, -0.25) is 0 Å². The van der Waals surface area contributed by atoms with E-state index in [9.17, 15) is 0 Å². The molecule has 0 spiro atoms. The van der Waals surface area contributed by atoms with E-state index in [1.165, 1.54) is 51.4 Å². The fraction of sp³-hybridized carbons (Fsp3) is 0.786. The van der Waals surface area contributed by atoms with Gasteiger partial charge in [-0.25, -0.2) is 0 Å². The number of unbranched alkanes of at least 4 members (excludes halogenated alkanes) is 4. The summed E-state index contributed by atoms with van der Waals surface area (Å²) in [7, 11) is 0. The smallest absolute Gasteiger partial charge is 0.139 e. The molecule has 0 aliphatic carbocycles. The van der Waals surface area contributed by atoms with Crippen LogP contribution in [-0.4, -0.2) is 5.16 Å². The summed E-state index contributed by atoms with van der Waals surface area (Å²) in [6, 6.07) is 2.03. The second-order valence-corrected chi connectivity index (χ2v) is 4.60. The first kappa shape index (κ1) is 13.3. The molecule has 2 heteroatoms. The van der Waals surface area contributed by atoms with E-state index >= 15 is 0 Å². The molecule has 2 nitrogen and oxygen atoms in total. The van der Waals surface area contributed by atoms with Crippen molar-refractivity contribution in [3.63, 3.8) is 0 Å². The summed E-state index contributed by atoms with van der Waals surface area (Å²) < 4.78 is 5.30. The lowest BCUT2D eigenvalue weighted by Gasteiger charge is -2.12. The molecule has 1 aromatic heterocycles. The molecule has 92 valence electrons. The Morgan fingerprint density at radius 3 is 2.44 bits per heavy atom. The highest BCUT2D eigenvalue weighted by molar-refractivity contribution is 5.01. The van der Waals surface area contributed by atoms with Crippen LogP contribution in [0.25, 0.3) is 0 Å². The molecule has 0 amide bonds. The molecule has 0 N–H and O–H groups in total. The van der Waals surface area contributed by atoms with Crippen molar-refractivity contribution >= 4 is 0 Å². The zero-order valence-corrected chi connectivity index (χ0v) is 10.7. The molecule has 0 saturated heterocycles. The molecule has 0 aliphatic rings. The van der Waals surface area contributed by atoms with Crippen molar-refractivity contribution in [1.82, 2.24) is 5.16 Å². The Hall–Kier alpha value is -0.790. The molecule has 16 heavy (non-hydrogen) atoms. The van der Waals surface area contributed by atoms with Gasteiger partial charge < -0.3 is 4.52 Å².